The maximum atomic E-state index is 13.6. The van der Waals surface area contributed by atoms with Crippen molar-refractivity contribution >= 4 is 13.4 Å². The number of hydrogen-bond acceptors (Lipinski definition) is 7. The molecule has 2 atom stereocenters. The van der Waals surface area contributed by atoms with Gasteiger partial charge >= 0.3 is 7.60 Å². The van der Waals surface area contributed by atoms with E-state index >= 15 is 0 Å². The summed E-state index contributed by atoms with van der Waals surface area (Å²) in [6.07, 6.45) is 2.20. The Hall–Kier alpha value is -2.24. The normalized spacial score (nSPS) is 14.2. The van der Waals surface area contributed by atoms with Crippen molar-refractivity contribution in [2.24, 2.45) is 0 Å². The molecule has 2 aromatic rings. The van der Waals surface area contributed by atoms with Gasteiger partial charge in [-0.2, -0.15) is 0 Å². The van der Waals surface area contributed by atoms with Crippen molar-refractivity contribution in [3.8, 4) is 17.2 Å². The third-order valence-corrected chi connectivity index (χ3v) is 6.86. The smallest absolute Gasteiger partial charge is 0.401 e. The minimum atomic E-state index is -3.62. The van der Waals surface area contributed by atoms with Gasteiger partial charge in [-0.25, -0.2) is 9.55 Å². The average Bonchev–Trinajstić information content (AvgIpc) is 2.62. The molecule has 0 aliphatic heterocycles. The molecule has 1 heterocycles. The highest BCUT2D eigenvalue weighted by atomic mass is 31.2. The zero-order valence-corrected chi connectivity index (χ0v) is 18.2. The Morgan fingerprint density at radius 2 is 1.93 bits per heavy atom. The van der Waals surface area contributed by atoms with Gasteiger partial charge in [0.15, 0.2) is 11.5 Å². The number of phenols is 1. The van der Waals surface area contributed by atoms with Gasteiger partial charge in [-0.1, -0.05) is 6.92 Å². The molecule has 8 heteroatoms. The summed E-state index contributed by atoms with van der Waals surface area (Å²) in [5, 5.41) is 13.4. The van der Waals surface area contributed by atoms with Crippen LogP contribution in [0.5, 0.6) is 17.2 Å². The highest BCUT2D eigenvalue weighted by molar-refractivity contribution is 7.55. The highest BCUT2D eigenvalue weighted by Crippen LogP contribution is 2.55. The molecule has 1 aromatic heterocycles. The van der Waals surface area contributed by atoms with Crippen molar-refractivity contribution in [2.75, 3.05) is 19.0 Å². The first-order valence-electron chi connectivity index (χ1n) is 9.25. The Bertz CT molecular complexity index is 849. The van der Waals surface area contributed by atoms with E-state index in [1.165, 1.54) is 13.2 Å². The van der Waals surface area contributed by atoms with Crippen LogP contribution < -0.4 is 14.6 Å². The molecular weight excluding hydrogens is 379 g/mol. The van der Waals surface area contributed by atoms with Crippen molar-refractivity contribution in [3.63, 3.8) is 0 Å². The summed E-state index contributed by atoms with van der Waals surface area (Å²) in [7, 11) is -2.14. The van der Waals surface area contributed by atoms with Crippen LogP contribution in [0.15, 0.2) is 24.4 Å². The van der Waals surface area contributed by atoms with Crippen molar-refractivity contribution in [1.82, 2.24) is 4.98 Å². The van der Waals surface area contributed by atoms with Crippen molar-refractivity contribution in [1.29, 1.82) is 0 Å². The molecule has 2 N–H and O–H groups in total. The molecule has 0 bridgehead atoms. The number of methoxy groups -OCH3 is 1. The first-order valence-corrected chi connectivity index (χ1v) is 10.9. The first-order chi connectivity index (χ1) is 13.3. The fourth-order valence-corrected chi connectivity index (χ4v) is 4.73. The number of aromatic nitrogens is 1. The Morgan fingerprint density at radius 3 is 2.50 bits per heavy atom. The molecule has 28 heavy (non-hydrogen) atoms. The summed E-state index contributed by atoms with van der Waals surface area (Å²) in [6, 6.07) is 4.95. The van der Waals surface area contributed by atoms with E-state index in [9.17, 15) is 9.67 Å². The van der Waals surface area contributed by atoms with Crippen LogP contribution in [-0.4, -0.2) is 29.6 Å². The number of hydrogen-bond donors (Lipinski definition) is 2. The van der Waals surface area contributed by atoms with E-state index in [0.717, 1.165) is 11.1 Å². The van der Waals surface area contributed by atoms with Crippen LogP contribution in [0.25, 0.3) is 0 Å². The summed E-state index contributed by atoms with van der Waals surface area (Å²) in [5.74, 6) is 0.553. The van der Waals surface area contributed by atoms with Gasteiger partial charge in [0.25, 0.3) is 0 Å². The molecule has 0 fully saturated rings. The quantitative estimate of drug-likeness (QED) is 0.553. The maximum Gasteiger partial charge on any atom is 0.401 e. The third kappa shape index (κ3) is 4.78. The van der Waals surface area contributed by atoms with E-state index in [2.05, 4.69) is 10.3 Å². The number of benzene rings is 1. The number of rotatable bonds is 9. The SMILES string of the molecule is CCOP(=O)(Oc1cc(C)c(OC)c(O)c1)C(CC)Nc1nccc(C)c1C. The zero-order chi connectivity index (χ0) is 20.9. The lowest BCUT2D eigenvalue weighted by molar-refractivity contribution is 0.271. The molecular formula is C20H29N2O5P. The first kappa shape index (κ1) is 22.1. The fourth-order valence-electron chi connectivity index (χ4n) is 2.89. The summed E-state index contributed by atoms with van der Waals surface area (Å²) in [4.78, 5) is 4.36. The van der Waals surface area contributed by atoms with Crippen LogP contribution in [0.4, 0.5) is 5.82 Å². The zero-order valence-electron chi connectivity index (χ0n) is 17.3. The van der Waals surface area contributed by atoms with E-state index < -0.39 is 13.4 Å². The molecule has 2 rings (SSSR count). The minimum Gasteiger partial charge on any atom is -0.504 e. The number of pyridine rings is 1. The number of anilines is 1. The topological polar surface area (TPSA) is 89.9 Å². The lowest BCUT2D eigenvalue weighted by Crippen LogP contribution is -2.24. The monoisotopic (exact) mass is 408 g/mol. The molecule has 7 nitrogen and oxygen atoms in total. The predicted molar refractivity (Wildman–Crippen MR) is 111 cm³/mol. The molecule has 154 valence electrons. The largest absolute Gasteiger partial charge is 0.504 e. The van der Waals surface area contributed by atoms with Gasteiger partial charge in [0.05, 0.1) is 13.7 Å². The van der Waals surface area contributed by atoms with Crippen molar-refractivity contribution in [3.05, 3.63) is 41.1 Å². The predicted octanol–water partition coefficient (Wildman–Crippen LogP) is 5.18. The van der Waals surface area contributed by atoms with E-state index in [-0.39, 0.29) is 18.1 Å². The molecule has 0 spiro atoms. The van der Waals surface area contributed by atoms with Crippen molar-refractivity contribution < 1.29 is 23.5 Å². The molecule has 1 aromatic carbocycles. The van der Waals surface area contributed by atoms with Gasteiger partial charge in [0.2, 0.25) is 0 Å². The highest BCUT2D eigenvalue weighted by Gasteiger charge is 2.37. The van der Waals surface area contributed by atoms with Gasteiger partial charge in [0.1, 0.15) is 17.4 Å². The van der Waals surface area contributed by atoms with Gasteiger partial charge < -0.3 is 19.7 Å². The number of aryl methyl sites for hydroxylation is 2. The molecule has 0 amide bonds. The standard InChI is InChI=1S/C20H29N2O5P/c1-7-18(22-20-15(5)13(3)9-10-21-20)28(24,26-8-2)27-16-11-14(4)19(25-6)17(23)12-16/h9-12,18,23H,7-8H2,1-6H3,(H,21,22). The third-order valence-electron chi connectivity index (χ3n) is 4.52. The molecule has 0 saturated carbocycles. The van der Waals surface area contributed by atoms with Crippen molar-refractivity contribution in [2.45, 2.75) is 46.8 Å². The Labute approximate surface area is 166 Å². The summed E-state index contributed by atoms with van der Waals surface area (Å²) in [6.45, 7) is 9.59. The maximum absolute atomic E-state index is 13.6. The second-order valence-electron chi connectivity index (χ2n) is 6.51. The van der Waals surface area contributed by atoms with Gasteiger partial charge in [-0.05, 0) is 62.9 Å². The summed E-state index contributed by atoms with van der Waals surface area (Å²) in [5.41, 5.74) is 2.72. The lowest BCUT2D eigenvalue weighted by Gasteiger charge is -2.28. The fraction of sp³-hybridized carbons (Fsp3) is 0.450. The molecule has 0 radical (unpaired) electrons. The minimum absolute atomic E-state index is 0.0854. The lowest BCUT2D eigenvalue weighted by atomic mass is 10.1. The van der Waals surface area contributed by atoms with Crippen LogP contribution in [0.2, 0.25) is 0 Å². The van der Waals surface area contributed by atoms with E-state index in [4.69, 9.17) is 13.8 Å². The van der Waals surface area contributed by atoms with Crippen LogP contribution in [0.3, 0.4) is 0 Å². The molecule has 0 aliphatic carbocycles. The number of nitrogens with one attached hydrogen (secondary N) is 1. The van der Waals surface area contributed by atoms with Gasteiger partial charge in [-0.3, -0.25) is 4.52 Å². The second kappa shape index (κ2) is 9.30. The number of ether oxygens (including phenoxy) is 1. The van der Waals surface area contributed by atoms with Crippen LogP contribution in [0, 0.1) is 20.8 Å². The average molecular weight is 408 g/mol. The van der Waals surface area contributed by atoms with E-state index in [1.807, 2.05) is 26.8 Å². The molecule has 0 saturated heterocycles. The Kier molecular flexibility index (Phi) is 7.33. The van der Waals surface area contributed by atoms with Gasteiger partial charge in [0, 0.05) is 12.3 Å². The molecule has 2 unspecified atom stereocenters. The number of nitrogens with zero attached hydrogens (tertiary/aromatic N) is 1. The van der Waals surface area contributed by atoms with E-state index in [1.54, 1.807) is 26.1 Å². The van der Waals surface area contributed by atoms with Crippen LogP contribution in [-0.2, 0) is 9.09 Å². The van der Waals surface area contributed by atoms with Gasteiger partial charge in [-0.15, -0.1) is 0 Å². The Morgan fingerprint density at radius 1 is 1.21 bits per heavy atom. The second-order valence-corrected chi connectivity index (χ2v) is 8.66. The van der Waals surface area contributed by atoms with Crippen LogP contribution in [0.1, 0.15) is 37.0 Å². The van der Waals surface area contributed by atoms with E-state index in [0.29, 0.717) is 23.6 Å². The molecule has 0 aliphatic rings. The summed E-state index contributed by atoms with van der Waals surface area (Å²) >= 11 is 0. The Balaban J connectivity index is 2.37. The number of aromatic hydroxyl groups is 1. The van der Waals surface area contributed by atoms with Crippen LogP contribution >= 0.6 is 7.60 Å². The number of phenolic OH excluding ortho intramolecular Hbond substituents is 1. The summed E-state index contributed by atoms with van der Waals surface area (Å²) < 4.78 is 30.2.